The Morgan fingerprint density at radius 3 is 2.60 bits per heavy atom. The van der Waals surface area contributed by atoms with Crippen molar-refractivity contribution >= 4 is 11.3 Å². The molecule has 2 fully saturated rings. The normalized spacial score (nSPS) is 25.0. The summed E-state index contributed by atoms with van der Waals surface area (Å²) < 4.78 is 13.0. The van der Waals surface area contributed by atoms with Gasteiger partial charge in [-0.15, -0.1) is 0 Å². The highest BCUT2D eigenvalue weighted by molar-refractivity contribution is 7.07. The average Bonchev–Trinajstić information content (AvgIpc) is 3.28. The van der Waals surface area contributed by atoms with Crippen molar-refractivity contribution in [3.63, 3.8) is 0 Å². The number of fused-ring (bicyclic) bond motifs is 1. The number of hydrogen-bond acceptors (Lipinski definition) is 3. The molecule has 2 aromatic rings. The van der Waals surface area contributed by atoms with Crippen molar-refractivity contribution in [2.75, 3.05) is 13.1 Å². The first-order valence-corrected chi connectivity index (χ1v) is 12.9. The van der Waals surface area contributed by atoms with Crippen molar-refractivity contribution in [1.82, 2.24) is 10.6 Å². The quantitative estimate of drug-likeness (QED) is 0.456. The molecule has 0 aliphatic heterocycles. The first-order valence-electron chi connectivity index (χ1n) is 12.0. The number of rotatable bonds is 10. The van der Waals surface area contributed by atoms with Crippen LogP contribution >= 0.6 is 11.3 Å². The molecule has 2 nitrogen and oxygen atoms in total. The van der Waals surface area contributed by atoms with Crippen LogP contribution in [0.2, 0.25) is 0 Å². The summed E-state index contributed by atoms with van der Waals surface area (Å²) in [6.45, 7) is 2.03. The van der Waals surface area contributed by atoms with Gasteiger partial charge in [0.1, 0.15) is 5.82 Å². The second-order valence-corrected chi connectivity index (χ2v) is 10.2. The maximum absolute atomic E-state index is 13.0. The number of thiophene rings is 1. The number of hydrogen-bond donors (Lipinski definition) is 2. The van der Waals surface area contributed by atoms with Gasteiger partial charge in [-0.05, 0) is 97.0 Å². The van der Waals surface area contributed by atoms with Crippen LogP contribution in [0.5, 0.6) is 0 Å². The molecule has 2 aliphatic rings. The Labute approximate surface area is 185 Å². The third kappa shape index (κ3) is 6.63. The second-order valence-electron chi connectivity index (χ2n) is 9.45. The number of nitrogens with one attached hydrogen (secondary N) is 2. The number of benzene rings is 1. The topological polar surface area (TPSA) is 24.1 Å². The highest BCUT2D eigenvalue weighted by Gasteiger charge is 2.32. The molecule has 30 heavy (non-hydrogen) atoms. The van der Waals surface area contributed by atoms with E-state index in [0.717, 1.165) is 44.2 Å². The first kappa shape index (κ1) is 22.0. The standard InChI is InChI=1S/C26H37FN2S/c27-24-10-7-20(8-11-24)4-3-14-28-18-26(16-21-13-15-30-19-21)29-25-12-9-22-5-1-2-6-23(22)17-25/h7-8,10-11,13,15,19,22-23,25-26,28-29H,1-6,9,12,14,16-18H2. The lowest BCUT2D eigenvalue weighted by Gasteiger charge is -2.40. The summed E-state index contributed by atoms with van der Waals surface area (Å²) in [5, 5.41) is 12.2. The Bertz CT molecular complexity index is 730. The molecule has 4 unspecified atom stereocenters. The average molecular weight is 429 g/mol. The maximum atomic E-state index is 13.0. The minimum absolute atomic E-state index is 0.151. The van der Waals surface area contributed by atoms with E-state index in [-0.39, 0.29) is 5.82 Å². The molecule has 4 rings (SSSR count). The molecule has 2 saturated carbocycles. The van der Waals surface area contributed by atoms with Gasteiger partial charge in [-0.2, -0.15) is 11.3 Å². The summed E-state index contributed by atoms with van der Waals surface area (Å²) in [6.07, 6.45) is 13.2. The molecule has 164 valence electrons. The van der Waals surface area contributed by atoms with E-state index < -0.39 is 0 Å². The van der Waals surface area contributed by atoms with Gasteiger partial charge in [-0.25, -0.2) is 4.39 Å². The van der Waals surface area contributed by atoms with Crippen LogP contribution in [0.25, 0.3) is 0 Å². The molecule has 2 aliphatic carbocycles. The van der Waals surface area contributed by atoms with Gasteiger partial charge in [0.2, 0.25) is 0 Å². The molecule has 0 spiro atoms. The highest BCUT2D eigenvalue weighted by atomic mass is 32.1. The zero-order valence-corrected chi connectivity index (χ0v) is 18.9. The van der Waals surface area contributed by atoms with Crippen LogP contribution < -0.4 is 10.6 Å². The predicted octanol–water partition coefficient (Wildman–Crippen LogP) is 5.97. The van der Waals surface area contributed by atoms with Gasteiger partial charge in [-0.1, -0.05) is 37.8 Å². The Hall–Kier alpha value is -1.23. The van der Waals surface area contributed by atoms with E-state index in [1.165, 1.54) is 56.1 Å². The Morgan fingerprint density at radius 1 is 0.967 bits per heavy atom. The van der Waals surface area contributed by atoms with E-state index in [2.05, 4.69) is 27.5 Å². The Morgan fingerprint density at radius 2 is 1.80 bits per heavy atom. The summed E-state index contributed by atoms with van der Waals surface area (Å²) in [7, 11) is 0. The second kappa shape index (κ2) is 11.4. The van der Waals surface area contributed by atoms with E-state index in [1.54, 1.807) is 23.5 Å². The van der Waals surface area contributed by atoms with Crippen molar-refractivity contribution in [1.29, 1.82) is 0 Å². The van der Waals surface area contributed by atoms with Gasteiger partial charge in [-0.3, -0.25) is 0 Å². The van der Waals surface area contributed by atoms with Gasteiger partial charge >= 0.3 is 0 Å². The van der Waals surface area contributed by atoms with Gasteiger partial charge in [0.25, 0.3) is 0 Å². The molecular weight excluding hydrogens is 391 g/mol. The van der Waals surface area contributed by atoms with Crippen LogP contribution in [0.1, 0.15) is 62.5 Å². The summed E-state index contributed by atoms with van der Waals surface area (Å²) in [6, 6.07) is 10.4. The minimum atomic E-state index is -0.151. The largest absolute Gasteiger partial charge is 0.315 e. The molecular formula is C26H37FN2S. The molecule has 0 saturated heterocycles. The zero-order chi connectivity index (χ0) is 20.6. The summed E-state index contributed by atoms with van der Waals surface area (Å²) >= 11 is 1.80. The van der Waals surface area contributed by atoms with Crippen LogP contribution in [0.3, 0.4) is 0 Å². The van der Waals surface area contributed by atoms with Crippen molar-refractivity contribution in [3.05, 3.63) is 58.0 Å². The van der Waals surface area contributed by atoms with Crippen LogP contribution in [0, 0.1) is 17.7 Å². The Kier molecular flexibility index (Phi) is 8.36. The van der Waals surface area contributed by atoms with E-state index in [9.17, 15) is 4.39 Å². The lowest BCUT2D eigenvalue weighted by Crippen LogP contribution is -2.48. The van der Waals surface area contributed by atoms with Gasteiger partial charge in [0.05, 0.1) is 0 Å². The first-order chi connectivity index (χ1) is 14.8. The fraction of sp³-hybridized carbons (Fsp3) is 0.615. The monoisotopic (exact) mass is 428 g/mol. The van der Waals surface area contributed by atoms with Crippen molar-refractivity contribution in [3.8, 4) is 0 Å². The van der Waals surface area contributed by atoms with Crippen LogP contribution in [0.4, 0.5) is 4.39 Å². The van der Waals surface area contributed by atoms with Crippen molar-refractivity contribution in [2.45, 2.75) is 76.3 Å². The van der Waals surface area contributed by atoms with Crippen molar-refractivity contribution in [2.24, 2.45) is 11.8 Å². The fourth-order valence-corrected chi connectivity index (χ4v) is 6.27. The van der Waals surface area contributed by atoms with E-state index in [4.69, 9.17) is 0 Å². The van der Waals surface area contributed by atoms with Gasteiger partial charge < -0.3 is 10.6 Å². The lowest BCUT2D eigenvalue weighted by molar-refractivity contribution is 0.138. The van der Waals surface area contributed by atoms with Crippen LogP contribution in [0.15, 0.2) is 41.1 Å². The molecule has 4 heteroatoms. The molecule has 4 atom stereocenters. The third-order valence-corrected chi connectivity index (χ3v) is 7.93. The molecule has 2 N–H and O–H groups in total. The minimum Gasteiger partial charge on any atom is -0.315 e. The van der Waals surface area contributed by atoms with Crippen LogP contribution in [-0.4, -0.2) is 25.2 Å². The summed E-state index contributed by atoms with van der Waals surface area (Å²) in [5.41, 5.74) is 2.67. The van der Waals surface area contributed by atoms with E-state index in [1.807, 2.05) is 12.1 Å². The zero-order valence-electron chi connectivity index (χ0n) is 18.1. The van der Waals surface area contributed by atoms with Gasteiger partial charge in [0, 0.05) is 18.6 Å². The number of halogens is 1. The van der Waals surface area contributed by atoms with Crippen LogP contribution in [-0.2, 0) is 12.8 Å². The summed E-state index contributed by atoms with van der Waals surface area (Å²) in [5.74, 6) is 1.83. The smallest absolute Gasteiger partial charge is 0.123 e. The van der Waals surface area contributed by atoms with E-state index in [0.29, 0.717) is 12.1 Å². The molecule has 1 heterocycles. The number of aryl methyl sites for hydroxylation is 1. The van der Waals surface area contributed by atoms with E-state index >= 15 is 0 Å². The molecule has 0 bridgehead atoms. The molecule has 1 aromatic carbocycles. The molecule has 0 radical (unpaired) electrons. The predicted molar refractivity (Wildman–Crippen MR) is 126 cm³/mol. The maximum Gasteiger partial charge on any atom is 0.123 e. The third-order valence-electron chi connectivity index (χ3n) is 7.20. The fourth-order valence-electron chi connectivity index (χ4n) is 5.59. The van der Waals surface area contributed by atoms with Crippen molar-refractivity contribution < 1.29 is 4.39 Å². The highest BCUT2D eigenvalue weighted by Crippen LogP contribution is 2.40. The lowest BCUT2D eigenvalue weighted by atomic mass is 9.69. The summed E-state index contributed by atoms with van der Waals surface area (Å²) in [4.78, 5) is 0. The van der Waals surface area contributed by atoms with Gasteiger partial charge in [0.15, 0.2) is 0 Å². The SMILES string of the molecule is Fc1ccc(CCCNCC(Cc2ccsc2)NC2CCC3CCCCC3C2)cc1. The Balaban J connectivity index is 1.23. The molecule has 0 amide bonds. The molecule has 1 aromatic heterocycles.